The van der Waals surface area contributed by atoms with E-state index in [2.05, 4.69) is 4.98 Å². The second kappa shape index (κ2) is 8.50. The van der Waals surface area contributed by atoms with Gasteiger partial charge in [0, 0.05) is 32.4 Å². The first-order valence-electron chi connectivity index (χ1n) is 9.43. The standard InChI is InChI=1S/C19H22F3N3O5S/c1-12-16(18(26)29-3)17(13(2)30-12)31(27,28)25-8-4-7-24(9-10-25)15-6-5-14(11-23-15)19(20,21)22/h5-6,11H,4,7-10H2,1-3H3. The summed E-state index contributed by atoms with van der Waals surface area (Å²) in [6, 6.07) is 2.22. The van der Waals surface area contributed by atoms with Crippen LogP contribution in [0.5, 0.6) is 0 Å². The smallest absolute Gasteiger partial charge is 0.417 e. The van der Waals surface area contributed by atoms with Crippen LogP contribution in [0, 0.1) is 13.8 Å². The molecule has 12 heteroatoms. The molecule has 0 bridgehead atoms. The summed E-state index contributed by atoms with van der Waals surface area (Å²) in [6.45, 7) is 3.82. The van der Waals surface area contributed by atoms with Crippen LogP contribution in [-0.2, 0) is 20.9 Å². The van der Waals surface area contributed by atoms with Gasteiger partial charge < -0.3 is 14.1 Å². The third-order valence-corrected chi connectivity index (χ3v) is 7.10. The Hall–Kier alpha value is -2.60. The van der Waals surface area contributed by atoms with Gasteiger partial charge in [0.1, 0.15) is 27.8 Å². The molecule has 0 saturated carbocycles. The maximum absolute atomic E-state index is 13.3. The zero-order valence-corrected chi connectivity index (χ0v) is 18.0. The normalized spacial score (nSPS) is 16.3. The highest BCUT2D eigenvalue weighted by Crippen LogP contribution is 2.32. The molecule has 0 amide bonds. The summed E-state index contributed by atoms with van der Waals surface area (Å²) in [5.41, 5.74) is -0.984. The largest absolute Gasteiger partial charge is 0.465 e. The highest BCUT2D eigenvalue weighted by molar-refractivity contribution is 7.89. The van der Waals surface area contributed by atoms with Crippen molar-refractivity contribution in [1.29, 1.82) is 0 Å². The van der Waals surface area contributed by atoms with E-state index in [-0.39, 0.29) is 41.6 Å². The van der Waals surface area contributed by atoms with Gasteiger partial charge >= 0.3 is 12.1 Å². The molecule has 3 rings (SSSR count). The Morgan fingerprint density at radius 2 is 1.84 bits per heavy atom. The van der Waals surface area contributed by atoms with Crippen LogP contribution in [0.1, 0.15) is 33.9 Å². The second-order valence-electron chi connectivity index (χ2n) is 7.06. The molecule has 0 N–H and O–H groups in total. The number of nitrogens with zero attached hydrogens (tertiary/aromatic N) is 3. The van der Waals surface area contributed by atoms with Crippen molar-refractivity contribution in [2.24, 2.45) is 0 Å². The van der Waals surface area contributed by atoms with Gasteiger partial charge in [-0.25, -0.2) is 18.2 Å². The van der Waals surface area contributed by atoms with Crippen LogP contribution in [0.2, 0.25) is 0 Å². The van der Waals surface area contributed by atoms with Crippen LogP contribution >= 0.6 is 0 Å². The lowest BCUT2D eigenvalue weighted by Crippen LogP contribution is -2.36. The Morgan fingerprint density at radius 3 is 2.42 bits per heavy atom. The fourth-order valence-electron chi connectivity index (χ4n) is 3.55. The van der Waals surface area contributed by atoms with E-state index in [9.17, 15) is 26.4 Å². The maximum Gasteiger partial charge on any atom is 0.417 e. The van der Waals surface area contributed by atoms with Crippen molar-refractivity contribution < 1.29 is 35.5 Å². The van der Waals surface area contributed by atoms with Crippen molar-refractivity contribution in [2.75, 3.05) is 38.2 Å². The van der Waals surface area contributed by atoms with Crippen molar-refractivity contribution in [3.63, 3.8) is 0 Å². The van der Waals surface area contributed by atoms with Crippen LogP contribution in [0.3, 0.4) is 0 Å². The number of hydrogen-bond donors (Lipinski definition) is 0. The number of pyridine rings is 1. The molecule has 170 valence electrons. The number of halogens is 3. The molecule has 2 aromatic rings. The van der Waals surface area contributed by atoms with Crippen LogP contribution < -0.4 is 4.90 Å². The topological polar surface area (TPSA) is 92.9 Å². The fraction of sp³-hybridized carbons (Fsp3) is 0.474. The number of carbonyl (C=O) groups is 1. The van der Waals surface area contributed by atoms with E-state index in [0.29, 0.717) is 18.8 Å². The van der Waals surface area contributed by atoms with Crippen LogP contribution in [0.25, 0.3) is 0 Å². The van der Waals surface area contributed by atoms with Gasteiger partial charge in [0.25, 0.3) is 0 Å². The molecule has 1 fully saturated rings. The fourth-order valence-corrected chi connectivity index (χ4v) is 5.38. The minimum atomic E-state index is -4.48. The zero-order valence-electron chi connectivity index (χ0n) is 17.2. The number of methoxy groups -OCH3 is 1. The van der Waals surface area contributed by atoms with Gasteiger partial charge in [-0.2, -0.15) is 17.5 Å². The highest BCUT2D eigenvalue weighted by atomic mass is 32.2. The van der Waals surface area contributed by atoms with Gasteiger partial charge in [-0.05, 0) is 32.4 Å². The molecular formula is C19H22F3N3O5S. The lowest BCUT2D eigenvalue weighted by atomic mass is 10.2. The average Bonchev–Trinajstić information content (AvgIpc) is 2.87. The van der Waals surface area contributed by atoms with E-state index in [1.807, 2.05) is 0 Å². The molecule has 0 radical (unpaired) electrons. The molecule has 1 aliphatic heterocycles. The van der Waals surface area contributed by atoms with E-state index in [1.165, 1.54) is 24.2 Å². The number of alkyl halides is 3. The number of sulfonamides is 1. The average molecular weight is 461 g/mol. The molecule has 3 heterocycles. The van der Waals surface area contributed by atoms with E-state index in [0.717, 1.165) is 19.4 Å². The van der Waals surface area contributed by atoms with Gasteiger partial charge in [0.15, 0.2) is 0 Å². The number of hydrogen-bond acceptors (Lipinski definition) is 7. The molecule has 1 saturated heterocycles. The third kappa shape index (κ3) is 4.54. The van der Waals surface area contributed by atoms with Gasteiger partial charge in [0.2, 0.25) is 10.0 Å². The Morgan fingerprint density at radius 1 is 1.13 bits per heavy atom. The molecule has 0 unspecified atom stereocenters. The predicted molar refractivity (Wildman–Crippen MR) is 104 cm³/mol. The third-order valence-electron chi connectivity index (χ3n) is 5.05. The molecule has 0 aliphatic carbocycles. The predicted octanol–water partition coefficient (Wildman–Crippen LogP) is 3.00. The summed E-state index contributed by atoms with van der Waals surface area (Å²) >= 11 is 0. The monoisotopic (exact) mass is 461 g/mol. The van der Waals surface area contributed by atoms with Gasteiger partial charge in [-0.1, -0.05) is 0 Å². The summed E-state index contributed by atoms with van der Waals surface area (Å²) in [4.78, 5) is 17.5. The number of ether oxygens (including phenoxy) is 1. The first-order valence-corrected chi connectivity index (χ1v) is 10.9. The number of carbonyl (C=O) groups excluding carboxylic acids is 1. The quantitative estimate of drug-likeness (QED) is 0.647. The van der Waals surface area contributed by atoms with E-state index < -0.39 is 27.7 Å². The number of aryl methyl sites for hydroxylation is 2. The molecular weight excluding hydrogens is 439 g/mol. The minimum absolute atomic E-state index is 0.0648. The number of rotatable bonds is 4. The van der Waals surface area contributed by atoms with Crippen LogP contribution in [0.15, 0.2) is 27.6 Å². The van der Waals surface area contributed by atoms with Crippen LogP contribution in [0.4, 0.5) is 19.0 Å². The Bertz CT molecular complexity index is 1060. The highest BCUT2D eigenvalue weighted by Gasteiger charge is 2.36. The summed E-state index contributed by atoms with van der Waals surface area (Å²) in [6.07, 6.45) is -3.30. The number of anilines is 1. The number of aromatic nitrogens is 1. The Kier molecular flexibility index (Phi) is 6.33. The molecule has 31 heavy (non-hydrogen) atoms. The molecule has 1 aliphatic rings. The first kappa shape index (κ1) is 23.1. The molecule has 0 spiro atoms. The van der Waals surface area contributed by atoms with Crippen molar-refractivity contribution >= 4 is 21.8 Å². The summed E-state index contributed by atoms with van der Waals surface area (Å²) in [5, 5.41) is 0. The van der Waals surface area contributed by atoms with Crippen LogP contribution in [-0.4, -0.2) is 57.0 Å². The number of esters is 1. The minimum Gasteiger partial charge on any atom is -0.465 e. The number of furan rings is 1. The maximum atomic E-state index is 13.3. The summed E-state index contributed by atoms with van der Waals surface area (Å²) in [5.74, 6) is -0.243. The molecule has 0 atom stereocenters. The van der Waals surface area contributed by atoms with Crippen molar-refractivity contribution in [1.82, 2.24) is 9.29 Å². The molecule has 0 aromatic carbocycles. The van der Waals surface area contributed by atoms with Gasteiger partial charge in [-0.15, -0.1) is 0 Å². The second-order valence-corrected chi connectivity index (χ2v) is 8.93. The van der Waals surface area contributed by atoms with Crippen molar-refractivity contribution in [3.05, 3.63) is 41.0 Å². The Labute approximate surface area is 177 Å². The van der Waals surface area contributed by atoms with Crippen molar-refractivity contribution in [3.8, 4) is 0 Å². The van der Waals surface area contributed by atoms with E-state index >= 15 is 0 Å². The summed E-state index contributed by atoms with van der Waals surface area (Å²) in [7, 11) is -2.92. The van der Waals surface area contributed by atoms with E-state index in [4.69, 9.17) is 9.15 Å². The van der Waals surface area contributed by atoms with E-state index in [1.54, 1.807) is 4.90 Å². The first-order chi connectivity index (χ1) is 14.5. The molecule has 8 nitrogen and oxygen atoms in total. The SMILES string of the molecule is COC(=O)c1c(C)oc(C)c1S(=O)(=O)N1CCCN(c2ccc(C(F)(F)F)cn2)CC1. The molecule has 2 aromatic heterocycles. The van der Waals surface area contributed by atoms with Crippen molar-refractivity contribution in [2.45, 2.75) is 31.3 Å². The zero-order chi connectivity index (χ0) is 23.0. The summed E-state index contributed by atoms with van der Waals surface area (Å²) < 4.78 is 76.2. The lowest BCUT2D eigenvalue weighted by Gasteiger charge is -2.23. The lowest BCUT2D eigenvalue weighted by molar-refractivity contribution is -0.137. The van der Waals surface area contributed by atoms with Gasteiger partial charge in [-0.3, -0.25) is 0 Å². The Balaban J connectivity index is 1.83. The van der Waals surface area contributed by atoms with Gasteiger partial charge in [0.05, 0.1) is 12.7 Å².